The van der Waals surface area contributed by atoms with Gasteiger partial charge in [0.1, 0.15) is 9.84 Å². The van der Waals surface area contributed by atoms with Crippen molar-refractivity contribution in [3.63, 3.8) is 0 Å². The molecule has 0 N–H and O–H groups in total. The third-order valence-electron chi connectivity index (χ3n) is 2.45. The Bertz CT molecular complexity index is 551. The van der Waals surface area contributed by atoms with E-state index in [9.17, 15) is 13.2 Å². The summed E-state index contributed by atoms with van der Waals surface area (Å²) in [4.78, 5) is 15.9. The maximum absolute atomic E-state index is 11.8. The zero-order chi connectivity index (χ0) is 13.1. The number of nitrogens with zero attached hydrogens (tertiary/aromatic N) is 2. The SMILES string of the molecule is CCS(=O)(=O)CCCn1cnc(C)c(I)c1=O. The fourth-order valence-electron chi connectivity index (χ4n) is 1.30. The molecule has 5 nitrogen and oxygen atoms in total. The molecular formula is C10H15IN2O3S. The molecule has 0 saturated carbocycles. The molecule has 0 atom stereocenters. The van der Waals surface area contributed by atoms with Crippen LogP contribution in [0.15, 0.2) is 11.1 Å². The molecule has 0 unspecified atom stereocenters. The molecular weight excluding hydrogens is 355 g/mol. The minimum atomic E-state index is -2.96. The third kappa shape index (κ3) is 4.06. The number of rotatable bonds is 5. The quantitative estimate of drug-likeness (QED) is 0.725. The smallest absolute Gasteiger partial charge is 0.266 e. The van der Waals surface area contributed by atoms with E-state index in [-0.39, 0.29) is 17.1 Å². The number of aromatic nitrogens is 2. The first kappa shape index (κ1) is 14.6. The summed E-state index contributed by atoms with van der Waals surface area (Å²) in [6, 6.07) is 0. The van der Waals surface area contributed by atoms with Crippen molar-refractivity contribution >= 4 is 32.4 Å². The first-order valence-electron chi connectivity index (χ1n) is 5.29. The minimum absolute atomic E-state index is 0.105. The summed E-state index contributed by atoms with van der Waals surface area (Å²) in [7, 11) is -2.96. The van der Waals surface area contributed by atoms with E-state index < -0.39 is 9.84 Å². The molecule has 0 aliphatic rings. The Labute approximate surface area is 114 Å². The van der Waals surface area contributed by atoms with Gasteiger partial charge in [0.2, 0.25) is 0 Å². The van der Waals surface area contributed by atoms with Crippen LogP contribution >= 0.6 is 22.6 Å². The number of aryl methyl sites for hydroxylation is 2. The second kappa shape index (κ2) is 5.94. The van der Waals surface area contributed by atoms with Crippen molar-refractivity contribution in [1.82, 2.24) is 9.55 Å². The van der Waals surface area contributed by atoms with Crippen molar-refractivity contribution in [2.24, 2.45) is 0 Å². The Morgan fingerprint density at radius 1 is 1.47 bits per heavy atom. The molecule has 7 heteroatoms. The van der Waals surface area contributed by atoms with E-state index in [1.54, 1.807) is 13.8 Å². The van der Waals surface area contributed by atoms with Gasteiger partial charge in [0.05, 0.1) is 21.3 Å². The third-order valence-corrected chi connectivity index (χ3v) is 5.48. The average molecular weight is 370 g/mol. The molecule has 0 saturated heterocycles. The van der Waals surface area contributed by atoms with Gasteiger partial charge >= 0.3 is 0 Å². The van der Waals surface area contributed by atoms with Crippen LogP contribution < -0.4 is 5.56 Å². The normalized spacial score (nSPS) is 11.7. The van der Waals surface area contributed by atoms with Crippen LogP contribution in [0.2, 0.25) is 0 Å². The van der Waals surface area contributed by atoms with Gasteiger partial charge in [-0.15, -0.1) is 0 Å². The number of halogens is 1. The number of sulfone groups is 1. The largest absolute Gasteiger partial charge is 0.298 e. The van der Waals surface area contributed by atoms with Gasteiger partial charge < -0.3 is 0 Å². The standard InChI is InChI=1S/C10H15IN2O3S/c1-3-17(15,16)6-4-5-13-7-12-8(2)9(11)10(13)14/h7H,3-6H2,1-2H3. The lowest BCUT2D eigenvalue weighted by Gasteiger charge is -2.06. The highest BCUT2D eigenvalue weighted by Gasteiger charge is 2.09. The minimum Gasteiger partial charge on any atom is -0.298 e. The van der Waals surface area contributed by atoms with Gasteiger partial charge in [-0.1, -0.05) is 6.92 Å². The summed E-state index contributed by atoms with van der Waals surface area (Å²) in [5.41, 5.74) is 0.597. The molecule has 1 heterocycles. The van der Waals surface area contributed by atoms with Crippen LogP contribution in [0, 0.1) is 10.5 Å². The van der Waals surface area contributed by atoms with E-state index in [0.29, 0.717) is 22.2 Å². The molecule has 0 spiro atoms. The monoisotopic (exact) mass is 370 g/mol. The van der Waals surface area contributed by atoms with Gasteiger partial charge in [0, 0.05) is 12.3 Å². The van der Waals surface area contributed by atoms with Crippen LogP contribution in [0.1, 0.15) is 19.0 Å². The van der Waals surface area contributed by atoms with Crippen molar-refractivity contribution in [1.29, 1.82) is 0 Å². The van der Waals surface area contributed by atoms with Crippen molar-refractivity contribution in [2.75, 3.05) is 11.5 Å². The van der Waals surface area contributed by atoms with Crippen LogP contribution in [0.25, 0.3) is 0 Å². The topological polar surface area (TPSA) is 69.0 Å². The predicted octanol–water partition coefficient (Wildman–Crippen LogP) is 0.981. The molecule has 96 valence electrons. The summed E-state index contributed by atoms with van der Waals surface area (Å²) in [5, 5.41) is 0. The Morgan fingerprint density at radius 3 is 2.71 bits per heavy atom. The predicted molar refractivity (Wildman–Crippen MR) is 74.9 cm³/mol. The fourth-order valence-corrected chi connectivity index (χ4v) is 2.61. The van der Waals surface area contributed by atoms with Crippen LogP contribution in [0.4, 0.5) is 0 Å². The van der Waals surface area contributed by atoms with E-state index >= 15 is 0 Å². The fraction of sp³-hybridized carbons (Fsp3) is 0.600. The molecule has 0 radical (unpaired) electrons. The molecule has 0 aromatic carbocycles. The zero-order valence-corrected chi connectivity index (χ0v) is 12.8. The lowest BCUT2D eigenvalue weighted by atomic mass is 10.4. The van der Waals surface area contributed by atoms with Gasteiger partial charge in [-0.2, -0.15) is 0 Å². The van der Waals surface area contributed by atoms with E-state index in [0.717, 1.165) is 0 Å². The molecule has 0 aliphatic heterocycles. The van der Waals surface area contributed by atoms with Crippen LogP contribution in [-0.4, -0.2) is 29.5 Å². The van der Waals surface area contributed by atoms with Gasteiger partial charge in [-0.3, -0.25) is 9.36 Å². The summed E-state index contributed by atoms with van der Waals surface area (Å²) in [5.74, 6) is 0.256. The average Bonchev–Trinajstić information content (AvgIpc) is 2.29. The molecule has 0 fully saturated rings. The summed E-state index contributed by atoms with van der Waals surface area (Å²) >= 11 is 1.96. The second-order valence-corrected chi connectivity index (χ2v) is 7.28. The van der Waals surface area contributed by atoms with Crippen molar-refractivity contribution in [3.8, 4) is 0 Å². The van der Waals surface area contributed by atoms with Crippen molar-refractivity contribution < 1.29 is 8.42 Å². The van der Waals surface area contributed by atoms with Gasteiger partial charge in [-0.05, 0) is 35.9 Å². The first-order chi connectivity index (χ1) is 7.87. The lowest BCUT2D eigenvalue weighted by Crippen LogP contribution is -2.25. The highest BCUT2D eigenvalue weighted by Crippen LogP contribution is 2.02. The van der Waals surface area contributed by atoms with Crippen LogP contribution in [-0.2, 0) is 16.4 Å². The molecule has 1 aromatic rings. The molecule has 1 rings (SSSR count). The van der Waals surface area contributed by atoms with E-state index in [1.165, 1.54) is 10.9 Å². The zero-order valence-electron chi connectivity index (χ0n) is 9.81. The maximum Gasteiger partial charge on any atom is 0.266 e. The first-order valence-corrected chi connectivity index (χ1v) is 8.19. The summed E-state index contributed by atoms with van der Waals surface area (Å²) in [6.07, 6.45) is 1.91. The lowest BCUT2D eigenvalue weighted by molar-refractivity contribution is 0.582. The van der Waals surface area contributed by atoms with Gasteiger partial charge in [0.15, 0.2) is 0 Å². The van der Waals surface area contributed by atoms with E-state index in [2.05, 4.69) is 4.98 Å². The Morgan fingerprint density at radius 2 is 2.12 bits per heavy atom. The number of hydrogen-bond acceptors (Lipinski definition) is 4. The van der Waals surface area contributed by atoms with Crippen LogP contribution in [0.3, 0.4) is 0 Å². The highest BCUT2D eigenvalue weighted by molar-refractivity contribution is 14.1. The van der Waals surface area contributed by atoms with Crippen molar-refractivity contribution in [3.05, 3.63) is 25.9 Å². The van der Waals surface area contributed by atoms with Crippen molar-refractivity contribution in [2.45, 2.75) is 26.8 Å². The molecule has 0 aliphatic carbocycles. The van der Waals surface area contributed by atoms with Gasteiger partial charge in [0.25, 0.3) is 5.56 Å². The van der Waals surface area contributed by atoms with Gasteiger partial charge in [-0.25, -0.2) is 13.4 Å². The molecule has 0 bridgehead atoms. The molecule has 0 amide bonds. The van der Waals surface area contributed by atoms with Crippen LogP contribution in [0.5, 0.6) is 0 Å². The second-order valence-electron chi connectivity index (χ2n) is 3.73. The van der Waals surface area contributed by atoms with E-state index in [1.807, 2.05) is 22.6 Å². The Hall–Kier alpha value is -0.440. The highest BCUT2D eigenvalue weighted by atomic mass is 127. The maximum atomic E-state index is 11.8. The molecule has 1 aromatic heterocycles. The molecule has 17 heavy (non-hydrogen) atoms. The summed E-state index contributed by atoms with van der Waals surface area (Å²) in [6.45, 7) is 3.79. The Balaban J connectivity index is 2.72. The summed E-state index contributed by atoms with van der Waals surface area (Å²) < 4.78 is 24.6. The van der Waals surface area contributed by atoms with E-state index in [4.69, 9.17) is 0 Å². The number of hydrogen-bond donors (Lipinski definition) is 0. The Kier molecular flexibility index (Phi) is 5.11.